The van der Waals surface area contributed by atoms with Crippen molar-refractivity contribution in [2.75, 3.05) is 6.61 Å². The number of fused-ring (bicyclic) bond motifs is 3. The Morgan fingerprint density at radius 2 is 2.14 bits per heavy atom. The Labute approximate surface area is 137 Å². The normalized spacial score (nSPS) is 19.0. The van der Waals surface area contributed by atoms with Crippen LogP contribution in [-0.2, 0) is 16.1 Å². The summed E-state index contributed by atoms with van der Waals surface area (Å²) in [6.07, 6.45) is 5.08. The Morgan fingerprint density at radius 3 is 3.00 bits per heavy atom. The Morgan fingerprint density at radius 1 is 1.23 bits per heavy atom. The molecule has 1 saturated heterocycles. The molecule has 1 aliphatic rings. The Balaban J connectivity index is 1.61. The number of H-pyrrole nitrogens is 1. The Kier molecular flexibility index (Phi) is 3.86. The van der Waals surface area contributed by atoms with E-state index in [4.69, 9.17) is 9.47 Å². The minimum atomic E-state index is -0.0802. The number of hydrogen-bond acceptors (Lipinski definition) is 3. The first-order chi connectivity index (χ1) is 10.8. The topological polar surface area (TPSA) is 47.1 Å². The largest absolute Gasteiger partial charge is 0.353 e. The summed E-state index contributed by atoms with van der Waals surface area (Å²) in [7, 11) is 0. The van der Waals surface area contributed by atoms with E-state index < -0.39 is 0 Å². The zero-order valence-electron chi connectivity index (χ0n) is 12.1. The fourth-order valence-corrected chi connectivity index (χ4v) is 3.28. The van der Waals surface area contributed by atoms with Crippen LogP contribution >= 0.6 is 15.9 Å². The molecule has 1 unspecified atom stereocenters. The average Bonchev–Trinajstić information content (AvgIpc) is 2.91. The molecule has 4 rings (SSSR count). The molecule has 22 heavy (non-hydrogen) atoms. The van der Waals surface area contributed by atoms with Crippen molar-refractivity contribution >= 4 is 37.7 Å². The summed E-state index contributed by atoms with van der Waals surface area (Å²) < 4.78 is 12.5. The fourth-order valence-electron chi connectivity index (χ4n) is 2.91. The first-order valence-electron chi connectivity index (χ1n) is 7.59. The molecule has 1 N–H and O–H groups in total. The molecular weight excluding hydrogens is 344 g/mol. The third-order valence-electron chi connectivity index (χ3n) is 4.06. The van der Waals surface area contributed by atoms with Crippen LogP contribution in [0.1, 0.15) is 25.0 Å². The van der Waals surface area contributed by atoms with Gasteiger partial charge in [-0.1, -0.05) is 15.9 Å². The molecule has 1 aromatic carbocycles. The third-order valence-corrected chi connectivity index (χ3v) is 4.55. The van der Waals surface area contributed by atoms with Crippen molar-refractivity contribution in [1.82, 2.24) is 9.97 Å². The minimum Gasteiger partial charge on any atom is -0.353 e. The second-order valence-electron chi connectivity index (χ2n) is 5.64. The number of aromatic amines is 1. The molecule has 1 aliphatic heterocycles. The summed E-state index contributed by atoms with van der Waals surface area (Å²) in [5, 5.41) is 2.37. The quantitative estimate of drug-likeness (QED) is 0.746. The lowest BCUT2D eigenvalue weighted by atomic mass is 10.1. The van der Waals surface area contributed by atoms with Gasteiger partial charge in [-0.2, -0.15) is 0 Å². The highest BCUT2D eigenvalue weighted by Crippen LogP contribution is 2.28. The van der Waals surface area contributed by atoms with Crippen molar-refractivity contribution in [3.8, 4) is 0 Å². The maximum Gasteiger partial charge on any atom is 0.158 e. The molecule has 0 amide bonds. The van der Waals surface area contributed by atoms with Crippen molar-refractivity contribution in [2.24, 2.45) is 0 Å². The van der Waals surface area contributed by atoms with Crippen molar-refractivity contribution in [3.05, 3.63) is 40.6 Å². The molecular formula is C17H17BrN2O2. The summed E-state index contributed by atoms with van der Waals surface area (Å²) in [5.41, 5.74) is 3.10. The lowest BCUT2D eigenvalue weighted by Gasteiger charge is -2.22. The average molecular weight is 361 g/mol. The summed E-state index contributed by atoms with van der Waals surface area (Å²) in [4.78, 5) is 7.87. The number of pyridine rings is 1. The van der Waals surface area contributed by atoms with Crippen LogP contribution in [-0.4, -0.2) is 22.9 Å². The molecule has 4 nitrogen and oxygen atoms in total. The van der Waals surface area contributed by atoms with Gasteiger partial charge in [0.1, 0.15) is 0 Å². The summed E-state index contributed by atoms with van der Waals surface area (Å²) in [6, 6.07) is 8.34. The third kappa shape index (κ3) is 2.76. The highest BCUT2D eigenvalue weighted by atomic mass is 79.9. The van der Waals surface area contributed by atoms with Gasteiger partial charge in [0.2, 0.25) is 0 Å². The predicted molar refractivity (Wildman–Crippen MR) is 89.7 cm³/mol. The van der Waals surface area contributed by atoms with Crippen LogP contribution in [0.5, 0.6) is 0 Å². The number of nitrogens with one attached hydrogen (secondary N) is 1. The van der Waals surface area contributed by atoms with E-state index in [0.717, 1.165) is 40.6 Å². The van der Waals surface area contributed by atoms with Crippen molar-refractivity contribution in [1.29, 1.82) is 0 Å². The Bertz CT molecular complexity index is 809. The van der Waals surface area contributed by atoms with E-state index in [0.29, 0.717) is 6.61 Å². The molecule has 0 aliphatic carbocycles. The molecule has 2 aromatic heterocycles. The SMILES string of the molecule is Brc1ccc2[nH]c3cnc(COC4CCCCO4)cc3c2c1. The minimum absolute atomic E-state index is 0.0802. The van der Waals surface area contributed by atoms with Crippen molar-refractivity contribution in [3.63, 3.8) is 0 Å². The summed E-state index contributed by atoms with van der Waals surface area (Å²) >= 11 is 3.53. The van der Waals surface area contributed by atoms with Crippen LogP contribution in [0.4, 0.5) is 0 Å². The monoisotopic (exact) mass is 360 g/mol. The van der Waals surface area contributed by atoms with Gasteiger partial charge in [0.25, 0.3) is 0 Å². The molecule has 0 spiro atoms. The van der Waals surface area contributed by atoms with Gasteiger partial charge in [-0.15, -0.1) is 0 Å². The van der Waals surface area contributed by atoms with E-state index in [2.05, 4.69) is 44.1 Å². The molecule has 0 radical (unpaired) electrons. The highest BCUT2D eigenvalue weighted by Gasteiger charge is 2.14. The summed E-state index contributed by atoms with van der Waals surface area (Å²) in [6.45, 7) is 1.29. The summed E-state index contributed by atoms with van der Waals surface area (Å²) in [5.74, 6) is 0. The van der Waals surface area contributed by atoms with Crippen LogP contribution in [0.15, 0.2) is 34.9 Å². The van der Waals surface area contributed by atoms with Crippen LogP contribution in [0.2, 0.25) is 0 Å². The smallest absolute Gasteiger partial charge is 0.158 e. The van der Waals surface area contributed by atoms with Gasteiger partial charge in [-0.25, -0.2) is 0 Å². The van der Waals surface area contributed by atoms with Gasteiger partial charge in [0, 0.05) is 27.4 Å². The molecule has 0 saturated carbocycles. The van der Waals surface area contributed by atoms with E-state index in [1.165, 1.54) is 17.2 Å². The fraction of sp³-hybridized carbons (Fsp3) is 0.353. The number of halogens is 1. The van der Waals surface area contributed by atoms with Crippen LogP contribution in [0.25, 0.3) is 21.8 Å². The van der Waals surface area contributed by atoms with Crippen molar-refractivity contribution < 1.29 is 9.47 Å². The second kappa shape index (κ2) is 5.99. The first-order valence-corrected chi connectivity index (χ1v) is 8.38. The van der Waals surface area contributed by atoms with E-state index in [1.807, 2.05) is 12.3 Å². The van der Waals surface area contributed by atoms with Crippen molar-refractivity contribution in [2.45, 2.75) is 32.2 Å². The standard InChI is InChI=1S/C17H17BrN2O2/c18-11-4-5-15-13(7-11)14-8-12(19-9-16(14)20-15)10-22-17-3-1-2-6-21-17/h4-5,7-9,17,20H,1-3,6,10H2. The molecule has 114 valence electrons. The van der Waals surface area contributed by atoms with Gasteiger partial charge in [-0.05, 0) is 43.5 Å². The molecule has 3 aromatic rings. The zero-order chi connectivity index (χ0) is 14.9. The second-order valence-corrected chi connectivity index (χ2v) is 6.56. The lowest BCUT2D eigenvalue weighted by molar-refractivity contribution is -0.169. The van der Waals surface area contributed by atoms with E-state index in [-0.39, 0.29) is 6.29 Å². The first kappa shape index (κ1) is 14.2. The van der Waals surface area contributed by atoms with Gasteiger partial charge in [-0.3, -0.25) is 4.98 Å². The van der Waals surface area contributed by atoms with Crippen LogP contribution < -0.4 is 0 Å². The van der Waals surface area contributed by atoms with E-state index in [1.54, 1.807) is 0 Å². The lowest BCUT2D eigenvalue weighted by Crippen LogP contribution is -2.22. The number of nitrogens with zero attached hydrogens (tertiary/aromatic N) is 1. The zero-order valence-corrected chi connectivity index (χ0v) is 13.7. The van der Waals surface area contributed by atoms with Crippen LogP contribution in [0.3, 0.4) is 0 Å². The maximum atomic E-state index is 5.83. The Hall–Kier alpha value is -1.43. The van der Waals surface area contributed by atoms with Gasteiger partial charge < -0.3 is 14.5 Å². The maximum absolute atomic E-state index is 5.83. The van der Waals surface area contributed by atoms with Gasteiger partial charge in [0.15, 0.2) is 6.29 Å². The molecule has 0 bridgehead atoms. The highest BCUT2D eigenvalue weighted by molar-refractivity contribution is 9.10. The predicted octanol–water partition coefficient (Wildman–Crippen LogP) is 4.52. The molecule has 3 heterocycles. The number of benzene rings is 1. The number of ether oxygens (including phenoxy) is 2. The molecule has 5 heteroatoms. The molecule has 1 atom stereocenters. The van der Waals surface area contributed by atoms with Crippen LogP contribution in [0, 0.1) is 0 Å². The molecule has 1 fully saturated rings. The number of hydrogen-bond donors (Lipinski definition) is 1. The number of rotatable bonds is 3. The van der Waals surface area contributed by atoms with E-state index in [9.17, 15) is 0 Å². The van der Waals surface area contributed by atoms with E-state index >= 15 is 0 Å². The van der Waals surface area contributed by atoms with Gasteiger partial charge >= 0.3 is 0 Å². The van der Waals surface area contributed by atoms with Gasteiger partial charge in [0.05, 0.1) is 24.0 Å². The number of aromatic nitrogens is 2.